The van der Waals surface area contributed by atoms with Crippen molar-refractivity contribution in [3.8, 4) is 5.75 Å². The minimum atomic E-state index is -0.210. The van der Waals surface area contributed by atoms with Gasteiger partial charge in [-0.2, -0.15) is 0 Å². The number of hydrogen-bond acceptors (Lipinski definition) is 5. The van der Waals surface area contributed by atoms with Gasteiger partial charge in [-0.15, -0.1) is 11.3 Å². The zero-order chi connectivity index (χ0) is 16.8. The molecule has 0 unspecified atom stereocenters. The molecule has 1 aromatic carbocycles. The molecular weight excluding hydrogens is 314 g/mol. The van der Waals surface area contributed by atoms with E-state index in [1.165, 1.54) is 23.8 Å². The van der Waals surface area contributed by atoms with Crippen LogP contribution in [0.4, 0.5) is 5.13 Å². The van der Waals surface area contributed by atoms with E-state index in [0.717, 1.165) is 5.75 Å². The number of likely N-dealkylation sites (N-methyl/N-ethyl adjacent to an activating group) is 1. The smallest absolute Gasteiger partial charge is 0.273 e. The standard InChI is InChI=1S/C16H19N3O3S/c1-11-4-6-13(7-5-11)22-9-8-19(3)15(21)14-10-23-16(18-14)17-12(2)20/h4-7,10H,8-9H2,1-3H3,(H,17,18,20). The van der Waals surface area contributed by atoms with E-state index in [-0.39, 0.29) is 11.8 Å². The first-order chi connectivity index (χ1) is 11.0. The van der Waals surface area contributed by atoms with Crippen molar-refractivity contribution in [3.63, 3.8) is 0 Å². The number of aryl methyl sites for hydroxylation is 1. The molecule has 2 aromatic rings. The molecule has 0 fully saturated rings. The van der Waals surface area contributed by atoms with E-state index in [1.807, 2.05) is 31.2 Å². The predicted molar refractivity (Wildman–Crippen MR) is 90.1 cm³/mol. The first kappa shape index (κ1) is 17.0. The molecule has 0 bridgehead atoms. The molecule has 122 valence electrons. The van der Waals surface area contributed by atoms with Gasteiger partial charge in [0.25, 0.3) is 5.91 Å². The molecule has 23 heavy (non-hydrogen) atoms. The van der Waals surface area contributed by atoms with Crippen LogP contribution in [0.2, 0.25) is 0 Å². The molecule has 0 radical (unpaired) electrons. The van der Waals surface area contributed by atoms with Crippen molar-refractivity contribution in [1.82, 2.24) is 9.88 Å². The molecule has 0 spiro atoms. The highest BCUT2D eigenvalue weighted by Crippen LogP contribution is 2.16. The van der Waals surface area contributed by atoms with Crippen molar-refractivity contribution in [3.05, 3.63) is 40.9 Å². The Balaban J connectivity index is 1.83. The predicted octanol–water partition coefficient (Wildman–Crippen LogP) is 2.56. The molecule has 0 aliphatic rings. The van der Waals surface area contributed by atoms with E-state index in [1.54, 1.807) is 17.3 Å². The van der Waals surface area contributed by atoms with Gasteiger partial charge in [0.05, 0.1) is 6.54 Å². The molecule has 6 nitrogen and oxygen atoms in total. The van der Waals surface area contributed by atoms with Crippen molar-refractivity contribution in [2.75, 3.05) is 25.5 Å². The molecule has 0 aliphatic heterocycles. The second-order valence-electron chi connectivity index (χ2n) is 5.11. The Kier molecular flexibility index (Phi) is 5.70. The Morgan fingerprint density at radius 3 is 2.65 bits per heavy atom. The quantitative estimate of drug-likeness (QED) is 0.882. The summed E-state index contributed by atoms with van der Waals surface area (Å²) in [5.74, 6) is 0.363. The van der Waals surface area contributed by atoms with Crippen molar-refractivity contribution < 1.29 is 14.3 Å². The summed E-state index contributed by atoms with van der Waals surface area (Å²) >= 11 is 1.22. The molecule has 0 saturated carbocycles. The summed E-state index contributed by atoms with van der Waals surface area (Å²) in [7, 11) is 1.69. The molecule has 7 heteroatoms. The fourth-order valence-corrected chi connectivity index (χ4v) is 2.54. The SMILES string of the molecule is CC(=O)Nc1nc(C(=O)N(C)CCOc2ccc(C)cc2)cs1. The zero-order valence-electron chi connectivity index (χ0n) is 13.3. The Morgan fingerprint density at radius 2 is 2.00 bits per heavy atom. The summed E-state index contributed by atoms with van der Waals surface area (Å²) in [6, 6.07) is 7.75. The van der Waals surface area contributed by atoms with Gasteiger partial charge in [0, 0.05) is 19.4 Å². The number of nitrogens with one attached hydrogen (secondary N) is 1. The number of nitrogens with zero attached hydrogens (tertiary/aromatic N) is 2. The number of aromatic nitrogens is 1. The first-order valence-corrected chi connectivity index (χ1v) is 8.01. The highest BCUT2D eigenvalue weighted by molar-refractivity contribution is 7.14. The lowest BCUT2D eigenvalue weighted by Crippen LogP contribution is -2.31. The van der Waals surface area contributed by atoms with Crippen LogP contribution in [0.3, 0.4) is 0 Å². The van der Waals surface area contributed by atoms with Gasteiger partial charge >= 0.3 is 0 Å². The fraction of sp³-hybridized carbons (Fsp3) is 0.312. The van der Waals surface area contributed by atoms with Crippen molar-refractivity contribution in [1.29, 1.82) is 0 Å². The highest BCUT2D eigenvalue weighted by atomic mass is 32.1. The van der Waals surface area contributed by atoms with E-state index in [9.17, 15) is 9.59 Å². The summed E-state index contributed by atoms with van der Waals surface area (Å²) < 4.78 is 5.61. The summed E-state index contributed by atoms with van der Waals surface area (Å²) in [6.45, 7) is 4.25. The van der Waals surface area contributed by atoms with Gasteiger partial charge in [-0.3, -0.25) is 9.59 Å². The number of ether oxygens (including phenoxy) is 1. The second kappa shape index (κ2) is 7.73. The molecule has 2 amide bonds. The lowest BCUT2D eigenvalue weighted by molar-refractivity contribution is -0.114. The van der Waals surface area contributed by atoms with Crippen LogP contribution in [0.1, 0.15) is 23.0 Å². The third-order valence-electron chi connectivity index (χ3n) is 3.07. The van der Waals surface area contributed by atoms with Crippen LogP contribution < -0.4 is 10.1 Å². The van der Waals surface area contributed by atoms with E-state index in [0.29, 0.717) is 24.0 Å². The van der Waals surface area contributed by atoms with Gasteiger partial charge in [-0.25, -0.2) is 4.98 Å². The molecule has 0 atom stereocenters. The van der Waals surface area contributed by atoms with Gasteiger partial charge in [0.2, 0.25) is 5.91 Å². The lowest BCUT2D eigenvalue weighted by Gasteiger charge is -2.16. The van der Waals surface area contributed by atoms with Crippen LogP contribution in [-0.2, 0) is 4.79 Å². The Hall–Kier alpha value is -2.41. The second-order valence-corrected chi connectivity index (χ2v) is 5.97. The minimum Gasteiger partial charge on any atom is -0.492 e. The van der Waals surface area contributed by atoms with Crippen LogP contribution in [0.15, 0.2) is 29.6 Å². The number of benzene rings is 1. The van der Waals surface area contributed by atoms with Crippen LogP contribution >= 0.6 is 11.3 Å². The summed E-state index contributed by atoms with van der Waals surface area (Å²) in [6.07, 6.45) is 0. The molecular formula is C16H19N3O3S. The topological polar surface area (TPSA) is 71.5 Å². The number of carbonyl (C=O) groups is 2. The van der Waals surface area contributed by atoms with Crippen LogP contribution in [0, 0.1) is 6.92 Å². The van der Waals surface area contributed by atoms with Crippen LogP contribution in [0.5, 0.6) is 5.75 Å². The van der Waals surface area contributed by atoms with Gasteiger partial charge in [-0.05, 0) is 19.1 Å². The van der Waals surface area contributed by atoms with Gasteiger partial charge in [0.15, 0.2) is 5.13 Å². The number of anilines is 1. The van der Waals surface area contributed by atoms with Gasteiger partial charge < -0.3 is 15.0 Å². The average molecular weight is 333 g/mol. The van der Waals surface area contributed by atoms with Gasteiger partial charge in [-0.1, -0.05) is 17.7 Å². The number of hydrogen-bond donors (Lipinski definition) is 1. The lowest BCUT2D eigenvalue weighted by atomic mass is 10.2. The Bertz CT molecular complexity index is 682. The monoisotopic (exact) mass is 333 g/mol. The number of carbonyl (C=O) groups excluding carboxylic acids is 2. The van der Waals surface area contributed by atoms with Crippen molar-refractivity contribution in [2.24, 2.45) is 0 Å². The van der Waals surface area contributed by atoms with Crippen molar-refractivity contribution >= 4 is 28.3 Å². The molecule has 1 heterocycles. The number of amides is 2. The maximum Gasteiger partial charge on any atom is 0.273 e. The molecule has 0 aliphatic carbocycles. The summed E-state index contributed by atoms with van der Waals surface area (Å²) in [5, 5.41) is 4.61. The Morgan fingerprint density at radius 1 is 1.30 bits per heavy atom. The maximum atomic E-state index is 12.2. The molecule has 2 rings (SSSR count). The van der Waals surface area contributed by atoms with E-state index < -0.39 is 0 Å². The molecule has 0 saturated heterocycles. The number of rotatable bonds is 6. The van der Waals surface area contributed by atoms with Crippen molar-refractivity contribution in [2.45, 2.75) is 13.8 Å². The fourth-order valence-electron chi connectivity index (χ4n) is 1.81. The third-order valence-corrected chi connectivity index (χ3v) is 3.83. The zero-order valence-corrected chi connectivity index (χ0v) is 14.1. The van der Waals surface area contributed by atoms with Gasteiger partial charge in [0.1, 0.15) is 18.1 Å². The maximum absolute atomic E-state index is 12.2. The van der Waals surface area contributed by atoms with Crippen LogP contribution in [0.25, 0.3) is 0 Å². The highest BCUT2D eigenvalue weighted by Gasteiger charge is 2.15. The molecule has 1 aromatic heterocycles. The minimum absolute atomic E-state index is 0.203. The Labute approximate surface area is 139 Å². The first-order valence-electron chi connectivity index (χ1n) is 7.14. The normalized spacial score (nSPS) is 10.2. The van der Waals surface area contributed by atoms with Crippen LogP contribution in [-0.4, -0.2) is 41.9 Å². The summed E-state index contributed by atoms with van der Waals surface area (Å²) in [4.78, 5) is 28.8. The average Bonchev–Trinajstić information content (AvgIpc) is 2.96. The van der Waals surface area contributed by atoms with E-state index >= 15 is 0 Å². The number of thiazole rings is 1. The van der Waals surface area contributed by atoms with E-state index in [4.69, 9.17) is 4.74 Å². The van der Waals surface area contributed by atoms with E-state index in [2.05, 4.69) is 10.3 Å². The summed E-state index contributed by atoms with van der Waals surface area (Å²) in [5.41, 5.74) is 1.49. The third kappa shape index (κ3) is 5.07. The molecule has 1 N–H and O–H groups in total. The largest absolute Gasteiger partial charge is 0.492 e.